The molecular weight excluding hydrogens is 236 g/mol. The molecule has 0 aliphatic carbocycles. The number of carbonyl (C=O) groups is 1. The van der Waals surface area contributed by atoms with Crippen LogP contribution in [0, 0.1) is 0 Å². The summed E-state index contributed by atoms with van der Waals surface area (Å²) in [5, 5.41) is 9.53. The molecule has 0 spiro atoms. The van der Waals surface area contributed by atoms with Gasteiger partial charge in [0, 0.05) is 6.54 Å². The van der Waals surface area contributed by atoms with E-state index in [-0.39, 0.29) is 5.91 Å². The standard InChI is InChI=1S/C11H20N4OS/c1-3-8-9(12)10(15-14-8)11(16)13-6-5-7-17-4-2/h3-7,12H2,1-2H3,(H,13,16)(H,14,15). The zero-order chi connectivity index (χ0) is 12.7. The number of nitrogens with two attached hydrogens (primary N) is 1. The van der Waals surface area contributed by atoms with Crippen LogP contribution in [0.15, 0.2) is 0 Å². The summed E-state index contributed by atoms with van der Waals surface area (Å²) in [4.78, 5) is 11.7. The van der Waals surface area contributed by atoms with Crippen molar-refractivity contribution in [3.63, 3.8) is 0 Å². The van der Waals surface area contributed by atoms with E-state index in [2.05, 4.69) is 22.4 Å². The van der Waals surface area contributed by atoms with Crippen LogP contribution < -0.4 is 11.1 Å². The first-order valence-corrected chi connectivity index (χ1v) is 7.04. The molecule has 0 saturated carbocycles. The zero-order valence-electron chi connectivity index (χ0n) is 10.4. The van der Waals surface area contributed by atoms with Crippen LogP contribution in [0.2, 0.25) is 0 Å². The molecule has 1 aromatic rings. The van der Waals surface area contributed by atoms with Gasteiger partial charge in [0.15, 0.2) is 5.69 Å². The number of carbonyl (C=O) groups excluding carboxylic acids is 1. The number of amides is 1. The molecule has 0 saturated heterocycles. The van der Waals surface area contributed by atoms with Gasteiger partial charge in [0.25, 0.3) is 5.91 Å². The van der Waals surface area contributed by atoms with Crippen LogP contribution in [0.4, 0.5) is 5.69 Å². The lowest BCUT2D eigenvalue weighted by Gasteiger charge is -2.03. The maximum Gasteiger partial charge on any atom is 0.273 e. The maximum absolute atomic E-state index is 11.7. The number of nitrogens with one attached hydrogen (secondary N) is 2. The Morgan fingerprint density at radius 2 is 2.29 bits per heavy atom. The van der Waals surface area contributed by atoms with Crippen LogP contribution in [-0.2, 0) is 6.42 Å². The summed E-state index contributed by atoms with van der Waals surface area (Å²) in [5.74, 6) is 1.98. The number of rotatable bonds is 7. The van der Waals surface area contributed by atoms with Gasteiger partial charge in [-0.1, -0.05) is 13.8 Å². The van der Waals surface area contributed by atoms with Gasteiger partial charge in [-0.25, -0.2) is 0 Å². The van der Waals surface area contributed by atoms with E-state index in [4.69, 9.17) is 5.73 Å². The molecule has 17 heavy (non-hydrogen) atoms. The molecule has 0 atom stereocenters. The lowest BCUT2D eigenvalue weighted by Crippen LogP contribution is -2.26. The summed E-state index contributed by atoms with van der Waals surface area (Å²) in [6, 6.07) is 0. The Kier molecular flexibility index (Phi) is 5.90. The summed E-state index contributed by atoms with van der Waals surface area (Å²) in [5.41, 5.74) is 7.40. The number of H-pyrrole nitrogens is 1. The van der Waals surface area contributed by atoms with Crippen molar-refractivity contribution in [2.45, 2.75) is 26.7 Å². The van der Waals surface area contributed by atoms with E-state index in [9.17, 15) is 4.79 Å². The highest BCUT2D eigenvalue weighted by molar-refractivity contribution is 7.99. The summed E-state index contributed by atoms with van der Waals surface area (Å²) in [7, 11) is 0. The molecule has 0 fully saturated rings. The van der Waals surface area contributed by atoms with Gasteiger partial charge in [0.1, 0.15) is 0 Å². The number of hydrogen-bond acceptors (Lipinski definition) is 4. The molecule has 0 aliphatic heterocycles. The Morgan fingerprint density at radius 3 is 2.88 bits per heavy atom. The van der Waals surface area contributed by atoms with Gasteiger partial charge in [-0.2, -0.15) is 16.9 Å². The van der Waals surface area contributed by atoms with Crippen molar-refractivity contribution in [3.05, 3.63) is 11.4 Å². The highest BCUT2D eigenvalue weighted by atomic mass is 32.2. The van der Waals surface area contributed by atoms with E-state index in [0.717, 1.165) is 30.0 Å². The normalized spacial score (nSPS) is 10.5. The number of thioether (sulfide) groups is 1. The Labute approximate surface area is 106 Å². The fraction of sp³-hybridized carbons (Fsp3) is 0.636. The molecule has 0 unspecified atom stereocenters. The molecule has 1 heterocycles. The molecule has 6 heteroatoms. The van der Waals surface area contributed by atoms with E-state index in [1.54, 1.807) is 0 Å². The monoisotopic (exact) mass is 256 g/mol. The zero-order valence-corrected chi connectivity index (χ0v) is 11.2. The fourth-order valence-electron chi connectivity index (χ4n) is 1.43. The quantitative estimate of drug-likeness (QED) is 0.644. The number of nitrogens with zero attached hydrogens (tertiary/aromatic N) is 1. The second kappa shape index (κ2) is 7.21. The van der Waals surface area contributed by atoms with Gasteiger partial charge in [0.2, 0.25) is 0 Å². The van der Waals surface area contributed by atoms with Crippen LogP contribution in [0.5, 0.6) is 0 Å². The van der Waals surface area contributed by atoms with Crippen LogP contribution >= 0.6 is 11.8 Å². The Bertz CT molecular complexity index is 364. The largest absolute Gasteiger partial charge is 0.395 e. The van der Waals surface area contributed by atoms with Gasteiger partial charge < -0.3 is 11.1 Å². The summed E-state index contributed by atoms with van der Waals surface area (Å²) < 4.78 is 0. The smallest absolute Gasteiger partial charge is 0.273 e. The second-order valence-corrected chi connectivity index (χ2v) is 5.02. The first-order valence-electron chi connectivity index (χ1n) is 5.89. The van der Waals surface area contributed by atoms with E-state index in [1.165, 1.54) is 0 Å². The van der Waals surface area contributed by atoms with E-state index in [1.807, 2.05) is 18.7 Å². The Hall–Kier alpha value is -1.17. The van der Waals surface area contributed by atoms with Crippen molar-refractivity contribution < 1.29 is 4.79 Å². The number of aromatic amines is 1. The maximum atomic E-state index is 11.7. The molecule has 5 nitrogen and oxygen atoms in total. The van der Waals surface area contributed by atoms with Gasteiger partial charge >= 0.3 is 0 Å². The average molecular weight is 256 g/mol. The van der Waals surface area contributed by atoms with Gasteiger partial charge in [-0.15, -0.1) is 0 Å². The minimum Gasteiger partial charge on any atom is -0.395 e. The van der Waals surface area contributed by atoms with Crippen LogP contribution in [0.3, 0.4) is 0 Å². The molecule has 1 aromatic heterocycles. The van der Waals surface area contributed by atoms with E-state index < -0.39 is 0 Å². The number of aromatic nitrogens is 2. The van der Waals surface area contributed by atoms with Crippen molar-refractivity contribution in [2.24, 2.45) is 0 Å². The number of hydrogen-bond donors (Lipinski definition) is 3. The fourth-order valence-corrected chi connectivity index (χ4v) is 2.07. The predicted octanol–water partition coefficient (Wildman–Crippen LogP) is 1.43. The number of nitrogen functional groups attached to an aromatic ring is 1. The molecule has 1 amide bonds. The van der Waals surface area contributed by atoms with Crippen molar-refractivity contribution in [3.8, 4) is 0 Å². The lowest BCUT2D eigenvalue weighted by molar-refractivity contribution is 0.0949. The molecule has 0 bridgehead atoms. The molecular formula is C11H20N4OS. The summed E-state index contributed by atoms with van der Waals surface area (Å²) in [6.07, 6.45) is 1.72. The van der Waals surface area contributed by atoms with Crippen molar-refractivity contribution in [1.82, 2.24) is 15.5 Å². The minimum atomic E-state index is -0.194. The van der Waals surface area contributed by atoms with Gasteiger partial charge in [-0.05, 0) is 24.3 Å². The second-order valence-electron chi connectivity index (χ2n) is 3.62. The van der Waals surface area contributed by atoms with Crippen molar-refractivity contribution >= 4 is 23.4 Å². The topological polar surface area (TPSA) is 83.8 Å². The Balaban J connectivity index is 2.39. The lowest BCUT2D eigenvalue weighted by atomic mass is 10.2. The SMILES string of the molecule is CCSCCCNC(=O)c1n[nH]c(CC)c1N. The summed E-state index contributed by atoms with van der Waals surface area (Å²) in [6.45, 7) is 4.76. The molecule has 96 valence electrons. The first kappa shape index (κ1) is 13.9. The molecule has 0 radical (unpaired) electrons. The average Bonchev–Trinajstić information content (AvgIpc) is 2.70. The van der Waals surface area contributed by atoms with Crippen molar-refractivity contribution in [1.29, 1.82) is 0 Å². The van der Waals surface area contributed by atoms with Gasteiger partial charge in [-0.3, -0.25) is 9.89 Å². The van der Waals surface area contributed by atoms with E-state index in [0.29, 0.717) is 17.9 Å². The highest BCUT2D eigenvalue weighted by Gasteiger charge is 2.15. The van der Waals surface area contributed by atoms with Crippen LogP contribution in [-0.4, -0.2) is 34.2 Å². The molecule has 0 aliphatic rings. The number of anilines is 1. The third-order valence-electron chi connectivity index (χ3n) is 2.41. The minimum absolute atomic E-state index is 0.194. The van der Waals surface area contributed by atoms with Crippen LogP contribution in [0.1, 0.15) is 36.5 Å². The molecule has 4 N–H and O–H groups in total. The van der Waals surface area contributed by atoms with Crippen LogP contribution in [0.25, 0.3) is 0 Å². The predicted molar refractivity (Wildman–Crippen MR) is 72.3 cm³/mol. The third-order valence-corrected chi connectivity index (χ3v) is 3.39. The van der Waals surface area contributed by atoms with Gasteiger partial charge in [0.05, 0.1) is 11.4 Å². The van der Waals surface area contributed by atoms with Crippen molar-refractivity contribution in [2.75, 3.05) is 23.8 Å². The Morgan fingerprint density at radius 1 is 1.53 bits per heavy atom. The first-order chi connectivity index (χ1) is 8.20. The number of aryl methyl sites for hydroxylation is 1. The molecule has 0 aromatic carbocycles. The third kappa shape index (κ3) is 3.96. The van der Waals surface area contributed by atoms with E-state index >= 15 is 0 Å². The molecule has 1 rings (SSSR count). The highest BCUT2D eigenvalue weighted by Crippen LogP contribution is 2.13. The summed E-state index contributed by atoms with van der Waals surface area (Å²) >= 11 is 1.87.